The van der Waals surface area contributed by atoms with Crippen LogP contribution in [-0.2, 0) is 31.9 Å². The van der Waals surface area contributed by atoms with E-state index in [1.807, 2.05) is 63.8 Å². The zero-order valence-electron chi connectivity index (χ0n) is 52.3. The molecule has 0 spiro atoms. The van der Waals surface area contributed by atoms with Crippen LogP contribution < -0.4 is 21.1 Å². The number of aromatic nitrogens is 6. The molecular formula is C64H81IN12O10. The number of ether oxygens (including phenoxy) is 2. The summed E-state index contributed by atoms with van der Waals surface area (Å²) < 4.78 is 14.3. The predicted molar refractivity (Wildman–Crippen MR) is 342 cm³/mol. The molecule has 2 aromatic carbocycles. The molecule has 8 rings (SSSR count). The average Bonchev–Trinajstić information content (AvgIpc) is 3.56. The molecule has 22 nitrogen and oxygen atoms in total. The number of rotatable bonds is 14. The summed E-state index contributed by atoms with van der Waals surface area (Å²) >= 11 is 2.15. The van der Waals surface area contributed by atoms with Gasteiger partial charge >= 0.3 is 12.2 Å². The maximum atomic E-state index is 13.3. The number of piperidine rings is 2. The van der Waals surface area contributed by atoms with Crippen LogP contribution in [-0.4, -0.2) is 123 Å². The van der Waals surface area contributed by atoms with Crippen molar-refractivity contribution in [2.75, 3.05) is 46.1 Å². The number of carbonyl (C=O) groups excluding carboxylic acids is 8. The van der Waals surface area contributed by atoms with Crippen LogP contribution in [0.25, 0.3) is 22.5 Å². The molecular weight excluding hydrogens is 1220 g/mol. The van der Waals surface area contributed by atoms with Crippen molar-refractivity contribution in [1.29, 1.82) is 0 Å². The standard InChI is InChI=1S/C32H40N6O5.C31H38N6O5.CH3I/c1-8-22-16-17-33-26(19-22)34-30(41)24-14-12-23(13-15-24)27-28(20(2)39)38(36(7)21(3)40)29(35-27)25-11-9-10-18-37(25)31(42)43-32(4,5)6;1-7-21-15-16-32-25(18-21)33-29(40)23-13-11-22(12-14-23)26-27(19(2)38)37(35-20(3)39)28(34-26)24-10-8-9-17-36(24)30(41)42-31(4,5)6;1-2/h12-17,19,25H,8-11,18H2,1-7H3,(H,33,34,41);11-16,18,24H,7-10,17H2,1-6H3,(H,35,39)(H,32,33,40);1H3/t25-;24-;/m00./s1. The summed E-state index contributed by atoms with van der Waals surface area (Å²) in [6.07, 6.45) is 8.44. The molecule has 2 fully saturated rings. The number of halogens is 1. The van der Waals surface area contributed by atoms with Gasteiger partial charge in [0, 0.05) is 82.5 Å². The SMILES string of the molecule is CCc1ccnc(NC(=O)c2ccc(-c3nc([C@@H]4CCCCN4C(=O)OC(C)(C)C)n(N(C)C(C)=O)c3C(C)=O)cc2)c1.CCc1ccnc(NC(=O)c2ccc(-c3nc([C@@H]4CCCCN4C(=O)OC(C)(C)C)n(NC(C)=O)c3C(C)=O)cc2)c1.CI. The van der Waals surface area contributed by atoms with Gasteiger partial charge in [0.2, 0.25) is 11.8 Å². The first-order chi connectivity index (χ1) is 41.2. The molecule has 464 valence electrons. The van der Waals surface area contributed by atoms with E-state index in [9.17, 15) is 38.4 Å². The predicted octanol–water partition coefficient (Wildman–Crippen LogP) is 12.1. The number of Topliss-reactive ketones (excluding diaryl/α,β-unsaturated/α-hetero) is 2. The number of amides is 6. The number of carbonyl (C=O) groups is 8. The summed E-state index contributed by atoms with van der Waals surface area (Å²) in [5.41, 5.74) is 6.51. The zero-order chi connectivity index (χ0) is 64.1. The second kappa shape index (κ2) is 29.8. The third-order valence-corrected chi connectivity index (χ3v) is 14.1. The molecule has 0 saturated carbocycles. The van der Waals surface area contributed by atoms with E-state index < -0.39 is 41.4 Å². The van der Waals surface area contributed by atoms with Gasteiger partial charge in [-0.25, -0.2) is 38.9 Å². The van der Waals surface area contributed by atoms with Gasteiger partial charge in [0.25, 0.3) is 11.8 Å². The number of aryl methyl sites for hydroxylation is 2. The van der Waals surface area contributed by atoms with Crippen molar-refractivity contribution < 1.29 is 47.8 Å². The number of nitrogens with one attached hydrogen (secondary N) is 3. The van der Waals surface area contributed by atoms with Gasteiger partial charge in [-0.1, -0.05) is 60.7 Å². The molecule has 6 aromatic rings. The molecule has 0 aliphatic carbocycles. The van der Waals surface area contributed by atoms with Crippen LogP contribution in [0.2, 0.25) is 0 Å². The van der Waals surface area contributed by atoms with Crippen LogP contribution >= 0.6 is 22.6 Å². The van der Waals surface area contributed by atoms with E-state index in [0.717, 1.165) is 49.7 Å². The number of pyridine rings is 2. The molecule has 0 unspecified atom stereocenters. The minimum atomic E-state index is -0.691. The number of hydrogen-bond donors (Lipinski definition) is 3. The summed E-state index contributed by atoms with van der Waals surface area (Å²) in [4.78, 5) is 127. The minimum absolute atomic E-state index is 0.174. The molecule has 0 radical (unpaired) electrons. The van der Waals surface area contributed by atoms with E-state index >= 15 is 0 Å². The fraction of sp³-hybridized carbons (Fsp3) is 0.438. The number of alkyl halides is 1. The number of likely N-dealkylation sites (tertiary alicyclic amines) is 2. The molecule has 87 heavy (non-hydrogen) atoms. The van der Waals surface area contributed by atoms with E-state index in [2.05, 4.69) is 48.6 Å². The Morgan fingerprint density at radius 3 is 1.37 bits per heavy atom. The molecule has 23 heteroatoms. The molecule has 2 aliphatic heterocycles. The Morgan fingerprint density at radius 1 is 0.586 bits per heavy atom. The Hall–Kier alpha value is -8.35. The molecule has 2 atom stereocenters. The van der Waals surface area contributed by atoms with Gasteiger partial charge in [-0.2, -0.15) is 0 Å². The van der Waals surface area contributed by atoms with Crippen LogP contribution in [0.5, 0.6) is 0 Å². The van der Waals surface area contributed by atoms with Gasteiger partial charge in [-0.05, 0) is 157 Å². The quantitative estimate of drug-likeness (QED) is 0.0520. The molecule has 2 aliphatic rings. The van der Waals surface area contributed by atoms with Crippen molar-refractivity contribution in [1.82, 2.24) is 39.1 Å². The third kappa shape index (κ3) is 17.4. The molecule has 2 saturated heterocycles. The number of imidazole rings is 2. The van der Waals surface area contributed by atoms with E-state index in [1.165, 1.54) is 42.1 Å². The highest BCUT2D eigenvalue weighted by Crippen LogP contribution is 2.38. The van der Waals surface area contributed by atoms with Crippen molar-refractivity contribution in [3.8, 4) is 22.5 Å². The highest BCUT2D eigenvalue weighted by atomic mass is 127. The summed E-state index contributed by atoms with van der Waals surface area (Å²) in [5, 5.41) is 6.97. The highest BCUT2D eigenvalue weighted by molar-refractivity contribution is 14.1. The first-order valence-electron chi connectivity index (χ1n) is 29.1. The van der Waals surface area contributed by atoms with Gasteiger partial charge in [0.1, 0.15) is 45.6 Å². The summed E-state index contributed by atoms with van der Waals surface area (Å²) in [6, 6.07) is 19.8. The van der Waals surface area contributed by atoms with Crippen molar-refractivity contribution in [3.05, 3.63) is 130 Å². The molecule has 6 amide bonds. The fourth-order valence-electron chi connectivity index (χ4n) is 10.0. The van der Waals surface area contributed by atoms with Crippen molar-refractivity contribution in [3.63, 3.8) is 0 Å². The molecule has 4 aromatic heterocycles. The Kier molecular flexibility index (Phi) is 23.2. The van der Waals surface area contributed by atoms with E-state index in [-0.39, 0.29) is 40.7 Å². The summed E-state index contributed by atoms with van der Waals surface area (Å²) in [7, 11) is 1.57. The van der Waals surface area contributed by atoms with Crippen molar-refractivity contribution in [2.24, 2.45) is 0 Å². The minimum Gasteiger partial charge on any atom is -0.444 e. The number of ketones is 2. The average molecular weight is 1310 g/mol. The lowest BCUT2D eigenvalue weighted by atomic mass is 10.0. The van der Waals surface area contributed by atoms with Gasteiger partial charge < -0.3 is 20.1 Å². The smallest absolute Gasteiger partial charge is 0.410 e. The van der Waals surface area contributed by atoms with E-state index in [1.54, 1.807) is 98.5 Å². The van der Waals surface area contributed by atoms with Crippen LogP contribution in [0.15, 0.2) is 85.2 Å². The summed E-state index contributed by atoms with van der Waals surface area (Å²) in [6.45, 7) is 21.4. The number of benzene rings is 2. The van der Waals surface area contributed by atoms with Crippen LogP contribution in [0, 0.1) is 0 Å². The maximum absolute atomic E-state index is 13.3. The second-order valence-corrected chi connectivity index (χ2v) is 23.0. The first kappa shape index (κ1) is 67.8. The lowest BCUT2D eigenvalue weighted by molar-refractivity contribution is -0.118. The number of nitrogens with zero attached hydrogens (tertiary/aromatic N) is 9. The topological polar surface area (TPSA) is 262 Å². The largest absolute Gasteiger partial charge is 0.444 e. The van der Waals surface area contributed by atoms with E-state index in [4.69, 9.17) is 19.4 Å². The lowest BCUT2D eigenvalue weighted by Gasteiger charge is -2.37. The fourth-order valence-corrected chi connectivity index (χ4v) is 10.0. The van der Waals surface area contributed by atoms with Crippen molar-refractivity contribution in [2.45, 2.75) is 158 Å². The van der Waals surface area contributed by atoms with Crippen LogP contribution in [0.3, 0.4) is 0 Å². The Labute approximate surface area is 522 Å². The van der Waals surface area contributed by atoms with Gasteiger partial charge in [0.05, 0.1) is 12.1 Å². The van der Waals surface area contributed by atoms with E-state index in [0.29, 0.717) is 82.9 Å². The third-order valence-electron chi connectivity index (χ3n) is 14.1. The summed E-state index contributed by atoms with van der Waals surface area (Å²) in [5.74, 6) is -0.286. The highest BCUT2D eigenvalue weighted by Gasteiger charge is 2.39. The van der Waals surface area contributed by atoms with Crippen LogP contribution in [0.4, 0.5) is 21.2 Å². The van der Waals surface area contributed by atoms with Crippen LogP contribution in [0.1, 0.15) is 198 Å². The first-order valence-corrected chi connectivity index (χ1v) is 31.2. The van der Waals surface area contributed by atoms with Crippen molar-refractivity contribution >= 4 is 81.6 Å². The molecule has 3 N–H and O–H groups in total. The lowest BCUT2D eigenvalue weighted by Crippen LogP contribution is -2.45. The van der Waals surface area contributed by atoms with Gasteiger partial charge in [0.15, 0.2) is 23.2 Å². The number of hydrogen-bond acceptors (Lipinski definition) is 14. The normalized spacial score (nSPS) is 14.9. The molecule has 0 bridgehead atoms. The maximum Gasteiger partial charge on any atom is 0.410 e. The monoisotopic (exact) mass is 1300 g/mol. The Balaban J connectivity index is 0.000000270. The Bertz CT molecular complexity index is 3470. The van der Waals surface area contributed by atoms with Gasteiger partial charge in [-0.15, -0.1) is 0 Å². The number of anilines is 2. The van der Waals surface area contributed by atoms with Gasteiger partial charge in [-0.3, -0.25) is 49.0 Å². The zero-order valence-corrected chi connectivity index (χ0v) is 54.5. The second-order valence-electron chi connectivity index (χ2n) is 23.0. The Morgan fingerprint density at radius 2 is 0.989 bits per heavy atom. The molecule has 6 heterocycles.